The molecule has 2 N–H and O–H groups in total. The van der Waals surface area contributed by atoms with Gasteiger partial charge in [-0.1, -0.05) is 0 Å². The van der Waals surface area contributed by atoms with E-state index in [2.05, 4.69) is 16.4 Å². The molecule has 2 heterocycles. The van der Waals surface area contributed by atoms with E-state index in [1.54, 1.807) is 25.3 Å². The van der Waals surface area contributed by atoms with E-state index < -0.39 is 0 Å². The van der Waals surface area contributed by atoms with E-state index >= 15 is 0 Å². The topological polar surface area (TPSA) is 72.6 Å². The molecule has 0 spiro atoms. The summed E-state index contributed by atoms with van der Waals surface area (Å²) in [6.07, 6.45) is 2.63. The molecule has 6 nitrogen and oxygen atoms in total. The summed E-state index contributed by atoms with van der Waals surface area (Å²) < 4.78 is 16.0. The molecule has 0 bridgehead atoms. The molecule has 138 valence electrons. The molecule has 2 aliphatic rings. The lowest BCUT2D eigenvalue weighted by Gasteiger charge is -2.23. The van der Waals surface area contributed by atoms with Crippen LogP contribution in [0, 0.1) is 0 Å². The Labute approximate surface area is 156 Å². The molecule has 1 aliphatic heterocycles. The molecule has 1 atom stereocenters. The molecule has 1 aliphatic carbocycles. The van der Waals surface area contributed by atoms with Crippen LogP contribution in [0.15, 0.2) is 36.4 Å². The summed E-state index contributed by atoms with van der Waals surface area (Å²) in [5, 5.41) is 4.34. The van der Waals surface area contributed by atoms with E-state index in [9.17, 15) is 4.79 Å². The molecule has 6 heteroatoms. The minimum atomic E-state index is -0.0841. The third kappa shape index (κ3) is 2.77. The van der Waals surface area contributed by atoms with Crippen molar-refractivity contribution in [3.63, 3.8) is 0 Å². The normalized spacial score (nSPS) is 17.6. The Bertz CT molecular complexity index is 1040. The van der Waals surface area contributed by atoms with Crippen LogP contribution in [-0.2, 0) is 12.8 Å². The fourth-order valence-corrected chi connectivity index (χ4v) is 3.95. The first kappa shape index (κ1) is 16.1. The van der Waals surface area contributed by atoms with Crippen molar-refractivity contribution < 1.29 is 19.0 Å². The molecule has 27 heavy (non-hydrogen) atoms. The molecule has 0 saturated heterocycles. The quantitative estimate of drug-likeness (QED) is 0.749. The third-order valence-corrected chi connectivity index (χ3v) is 5.36. The largest absolute Gasteiger partial charge is 0.497 e. The SMILES string of the molecule is COc1ccc2[nH]c3c(c2c1)CC(NC(=O)c1ccc2c(c1)OCO2)CC3. The smallest absolute Gasteiger partial charge is 0.251 e. The van der Waals surface area contributed by atoms with Gasteiger partial charge in [0.05, 0.1) is 7.11 Å². The fraction of sp³-hybridized carbons (Fsp3) is 0.286. The fourth-order valence-electron chi connectivity index (χ4n) is 3.95. The number of benzene rings is 2. The molecule has 1 unspecified atom stereocenters. The lowest BCUT2D eigenvalue weighted by molar-refractivity contribution is 0.0933. The van der Waals surface area contributed by atoms with Crippen molar-refractivity contribution in [1.82, 2.24) is 10.3 Å². The molecule has 0 saturated carbocycles. The van der Waals surface area contributed by atoms with Gasteiger partial charge in [-0.25, -0.2) is 0 Å². The Kier molecular flexibility index (Phi) is 3.70. The number of H-pyrrole nitrogens is 1. The van der Waals surface area contributed by atoms with Crippen LogP contribution in [0.3, 0.4) is 0 Å². The second kappa shape index (κ2) is 6.23. The predicted molar refractivity (Wildman–Crippen MR) is 101 cm³/mol. The Morgan fingerprint density at radius 2 is 2.07 bits per heavy atom. The number of rotatable bonds is 3. The highest BCUT2D eigenvalue weighted by molar-refractivity contribution is 5.95. The number of nitrogens with one attached hydrogen (secondary N) is 2. The van der Waals surface area contributed by atoms with Gasteiger partial charge in [0.1, 0.15) is 5.75 Å². The number of methoxy groups -OCH3 is 1. The van der Waals surface area contributed by atoms with Gasteiger partial charge in [-0.15, -0.1) is 0 Å². The van der Waals surface area contributed by atoms with E-state index in [4.69, 9.17) is 14.2 Å². The predicted octanol–water partition coefficient (Wildman–Crippen LogP) is 3.19. The van der Waals surface area contributed by atoms with Crippen molar-refractivity contribution in [2.75, 3.05) is 13.9 Å². The summed E-state index contributed by atoms with van der Waals surface area (Å²) in [6.45, 7) is 0.204. The van der Waals surface area contributed by atoms with Gasteiger partial charge in [0.15, 0.2) is 11.5 Å². The van der Waals surface area contributed by atoms with Gasteiger partial charge < -0.3 is 24.5 Å². The second-order valence-electron chi connectivity index (χ2n) is 6.97. The monoisotopic (exact) mass is 364 g/mol. The molecule has 0 fully saturated rings. The second-order valence-corrected chi connectivity index (χ2v) is 6.97. The van der Waals surface area contributed by atoms with Crippen LogP contribution in [0.2, 0.25) is 0 Å². The first-order valence-corrected chi connectivity index (χ1v) is 9.09. The average Bonchev–Trinajstić information content (AvgIpc) is 3.30. The van der Waals surface area contributed by atoms with E-state index in [-0.39, 0.29) is 18.7 Å². The van der Waals surface area contributed by atoms with Crippen molar-refractivity contribution in [3.8, 4) is 17.2 Å². The summed E-state index contributed by atoms with van der Waals surface area (Å²) in [5.74, 6) is 2.06. The van der Waals surface area contributed by atoms with Crippen LogP contribution in [-0.4, -0.2) is 30.8 Å². The first-order chi connectivity index (χ1) is 13.2. The van der Waals surface area contributed by atoms with E-state index in [0.29, 0.717) is 17.1 Å². The molecule has 5 rings (SSSR count). The molecule has 1 aromatic heterocycles. The van der Waals surface area contributed by atoms with Crippen LogP contribution >= 0.6 is 0 Å². The number of carbonyl (C=O) groups excluding carboxylic acids is 1. The highest BCUT2D eigenvalue weighted by Crippen LogP contribution is 2.33. The lowest BCUT2D eigenvalue weighted by atomic mass is 9.91. The number of ether oxygens (including phenoxy) is 3. The Balaban J connectivity index is 1.36. The zero-order valence-electron chi connectivity index (χ0n) is 15.0. The Morgan fingerprint density at radius 3 is 2.96 bits per heavy atom. The zero-order valence-corrected chi connectivity index (χ0v) is 15.0. The molecule has 2 aromatic carbocycles. The Morgan fingerprint density at radius 1 is 1.19 bits per heavy atom. The van der Waals surface area contributed by atoms with Crippen molar-refractivity contribution in [1.29, 1.82) is 0 Å². The van der Waals surface area contributed by atoms with Crippen LogP contribution in [0.4, 0.5) is 0 Å². The van der Waals surface area contributed by atoms with Gasteiger partial charge in [-0.05, 0) is 61.2 Å². The van der Waals surface area contributed by atoms with E-state index in [0.717, 1.165) is 30.5 Å². The maximum atomic E-state index is 12.7. The maximum absolute atomic E-state index is 12.7. The van der Waals surface area contributed by atoms with Crippen molar-refractivity contribution in [3.05, 3.63) is 53.2 Å². The van der Waals surface area contributed by atoms with Gasteiger partial charge >= 0.3 is 0 Å². The summed E-state index contributed by atoms with van der Waals surface area (Å²) in [4.78, 5) is 16.2. The molecule has 1 amide bonds. The van der Waals surface area contributed by atoms with Crippen molar-refractivity contribution in [2.45, 2.75) is 25.3 Å². The highest BCUT2D eigenvalue weighted by atomic mass is 16.7. The van der Waals surface area contributed by atoms with Crippen LogP contribution < -0.4 is 19.5 Å². The number of carbonyl (C=O) groups is 1. The first-order valence-electron chi connectivity index (χ1n) is 9.09. The summed E-state index contributed by atoms with van der Waals surface area (Å²) in [5.41, 5.74) is 4.23. The van der Waals surface area contributed by atoms with Gasteiger partial charge in [-0.2, -0.15) is 0 Å². The number of amides is 1. The average molecular weight is 364 g/mol. The van der Waals surface area contributed by atoms with Crippen LogP contribution in [0.1, 0.15) is 28.0 Å². The summed E-state index contributed by atoms with van der Waals surface area (Å²) in [7, 11) is 1.68. The maximum Gasteiger partial charge on any atom is 0.251 e. The summed E-state index contributed by atoms with van der Waals surface area (Å²) in [6, 6.07) is 11.5. The van der Waals surface area contributed by atoms with Crippen LogP contribution in [0.25, 0.3) is 10.9 Å². The standard InChI is InChI=1S/C21H20N2O4/c1-25-14-4-6-18-16(10-14)15-9-13(3-5-17(15)23-18)22-21(24)12-2-7-19-20(8-12)27-11-26-19/h2,4,6-8,10,13,23H,3,5,9,11H2,1H3,(H,22,24). The number of aryl methyl sites for hydroxylation is 1. The van der Waals surface area contributed by atoms with Crippen LogP contribution in [0.5, 0.6) is 17.2 Å². The Hall–Kier alpha value is -3.15. The highest BCUT2D eigenvalue weighted by Gasteiger charge is 2.25. The van der Waals surface area contributed by atoms with Gasteiger partial charge in [0, 0.05) is 28.2 Å². The zero-order chi connectivity index (χ0) is 18.4. The number of fused-ring (bicyclic) bond motifs is 4. The summed E-state index contributed by atoms with van der Waals surface area (Å²) >= 11 is 0. The van der Waals surface area contributed by atoms with Gasteiger partial charge in [-0.3, -0.25) is 4.79 Å². The third-order valence-electron chi connectivity index (χ3n) is 5.36. The number of hydrogen-bond acceptors (Lipinski definition) is 4. The van der Waals surface area contributed by atoms with E-state index in [1.165, 1.54) is 16.6 Å². The molecule has 3 aromatic rings. The molecule has 0 radical (unpaired) electrons. The number of aromatic amines is 1. The molecular formula is C21H20N2O4. The number of aromatic nitrogens is 1. The van der Waals surface area contributed by atoms with Crippen molar-refractivity contribution in [2.24, 2.45) is 0 Å². The molecular weight excluding hydrogens is 344 g/mol. The minimum absolute atomic E-state index is 0.0841. The number of hydrogen-bond donors (Lipinski definition) is 2. The van der Waals surface area contributed by atoms with E-state index in [1.807, 2.05) is 12.1 Å². The minimum Gasteiger partial charge on any atom is -0.497 e. The van der Waals surface area contributed by atoms with Gasteiger partial charge in [0.25, 0.3) is 5.91 Å². The van der Waals surface area contributed by atoms with Gasteiger partial charge in [0.2, 0.25) is 6.79 Å². The lowest BCUT2D eigenvalue weighted by Crippen LogP contribution is -2.38. The van der Waals surface area contributed by atoms with Crippen molar-refractivity contribution >= 4 is 16.8 Å².